The molecule has 22 heavy (non-hydrogen) atoms. The van der Waals surface area contributed by atoms with Gasteiger partial charge in [-0.15, -0.1) is 0 Å². The Morgan fingerprint density at radius 3 is 3.14 bits per heavy atom. The van der Waals surface area contributed by atoms with Gasteiger partial charge in [-0.25, -0.2) is 0 Å². The largest absolute Gasteiger partial charge is 0.491 e. The first-order valence-electron chi connectivity index (χ1n) is 7.59. The van der Waals surface area contributed by atoms with Gasteiger partial charge in [0.2, 0.25) is 0 Å². The second kappa shape index (κ2) is 6.62. The molecule has 6 heteroatoms. The highest BCUT2D eigenvalue weighted by molar-refractivity contribution is 6.04. The normalized spacial score (nSPS) is 13.5. The van der Waals surface area contributed by atoms with E-state index in [0.717, 1.165) is 30.6 Å². The van der Waals surface area contributed by atoms with Crippen molar-refractivity contribution >= 4 is 11.6 Å². The molecule has 1 aromatic heterocycles. The number of anilines is 1. The minimum absolute atomic E-state index is 0.214. The lowest BCUT2D eigenvalue weighted by Gasteiger charge is -2.14. The molecule has 3 rings (SSSR count). The van der Waals surface area contributed by atoms with Gasteiger partial charge in [0.15, 0.2) is 5.69 Å². The predicted molar refractivity (Wildman–Crippen MR) is 84.2 cm³/mol. The fraction of sp³-hybridized carbons (Fsp3) is 0.375. The number of nitrogens with zero attached hydrogens (tertiary/aromatic N) is 1. The Morgan fingerprint density at radius 1 is 1.41 bits per heavy atom. The van der Waals surface area contributed by atoms with Crippen molar-refractivity contribution in [2.24, 2.45) is 0 Å². The summed E-state index contributed by atoms with van der Waals surface area (Å²) in [7, 11) is 0. The van der Waals surface area contributed by atoms with E-state index in [1.54, 1.807) is 0 Å². The second-order valence-electron chi connectivity index (χ2n) is 5.25. The van der Waals surface area contributed by atoms with Crippen LogP contribution in [0.5, 0.6) is 5.75 Å². The van der Waals surface area contributed by atoms with Crippen LogP contribution in [0.1, 0.15) is 35.1 Å². The zero-order valence-electron chi connectivity index (χ0n) is 12.6. The fourth-order valence-corrected chi connectivity index (χ4v) is 2.50. The van der Waals surface area contributed by atoms with Crippen LogP contribution in [-0.4, -0.2) is 29.3 Å². The Morgan fingerprint density at radius 2 is 2.27 bits per heavy atom. The number of aromatic amines is 1. The van der Waals surface area contributed by atoms with E-state index >= 15 is 0 Å². The number of hydrogen-bond acceptors (Lipinski definition) is 4. The van der Waals surface area contributed by atoms with Crippen molar-refractivity contribution in [3.63, 3.8) is 0 Å². The number of H-pyrrole nitrogens is 1. The van der Waals surface area contributed by atoms with E-state index in [-0.39, 0.29) is 5.91 Å². The predicted octanol–water partition coefficient (Wildman–Crippen LogP) is 2.10. The Hall–Kier alpha value is -2.34. The highest BCUT2D eigenvalue weighted by atomic mass is 16.5. The van der Waals surface area contributed by atoms with Crippen LogP contribution < -0.4 is 15.4 Å². The number of nitrogens with one attached hydrogen (secondary N) is 3. The van der Waals surface area contributed by atoms with Crippen molar-refractivity contribution < 1.29 is 9.53 Å². The van der Waals surface area contributed by atoms with Gasteiger partial charge in [-0.1, -0.05) is 19.1 Å². The summed E-state index contributed by atoms with van der Waals surface area (Å²) in [5, 5.41) is 13.3. The zero-order chi connectivity index (χ0) is 15.4. The van der Waals surface area contributed by atoms with Gasteiger partial charge in [0.05, 0.1) is 12.3 Å². The van der Waals surface area contributed by atoms with Crippen molar-refractivity contribution in [2.45, 2.75) is 26.3 Å². The third kappa shape index (κ3) is 2.96. The van der Waals surface area contributed by atoms with Crippen LogP contribution in [0.2, 0.25) is 0 Å². The van der Waals surface area contributed by atoms with Crippen LogP contribution in [0.4, 0.5) is 5.69 Å². The molecule has 0 bridgehead atoms. The number of benzene rings is 1. The summed E-state index contributed by atoms with van der Waals surface area (Å²) in [5.41, 5.74) is 3.11. The van der Waals surface area contributed by atoms with Gasteiger partial charge < -0.3 is 15.4 Å². The lowest BCUT2D eigenvalue weighted by molar-refractivity contribution is 0.102. The molecular formula is C16H20N4O2. The second-order valence-corrected chi connectivity index (χ2v) is 5.25. The van der Waals surface area contributed by atoms with E-state index in [0.29, 0.717) is 30.3 Å². The molecule has 6 nitrogen and oxygen atoms in total. The van der Waals surface area contributed by atoms with E-state index in [9.17, 15) is 4.79 Å². The van der Waals surface area contributed by atoms with Gasteiger partial charge in [0.25, 0.3) is 5.91 Å². The number of para-hydroxylation sites is 2. The van der Waals surface area contributed by atoms with E-state index in [2.05, 4.69) is 20.8 Å². The van der Waals surface area contributed by atoms with Gasteiger partial charge in [-0.05, 0) is 18.6 Å². The van der Waals surface area contributed by atoms with Crippen LogP contribution >= 0.6 is 0 Å². The average molecular weight is 300 g/mol. The lowest BCUT2D eigenvalue weighted by atomic mass is 10.1. The lowest BCUT2D eigenvalue weighted by Crippen LogP contribution is -2.25. The fourth-order valence-electron chi connectivity index (χ4n) is 2.50. The number of hydrogen-bond donors (Lipinski definition) is 3. The number of aromatic nitrogens is 2. The SMILES string of the molecule is CCCOc1ccccc1NC(=O)c1n[nH]c2c1CNCC2. The molecule has 1 aromatic carbocycles. The van der Waals surface area contributed by atoms with Gasteiger partial charge in [-0.3, -0.25) is 9.89 Å². The zero-order valence-corrected chi connectivity index (χ0v) is 12.6. The number of carbonyl (C=O) groups is 1. The number of rotatable bonds is 5. The first-order chi connectivity index (χ1) is 10.8. The highest BCUT2D eigenvalue weighted by Crippen LogP contribution is 2.25. The molecule has 1 aliphatic rings. The third-order valence-corrected chi connectivity index (χ3v) is 3.62. The molecule has 0 radical (unpaired) electrons. The van der Waals surface area contributed by atoms with Gasteiger partial charge >= 0.3 is 0 Å². The summed E-state index contributed by atoms with van der Waals surface area (Å²) in [6, 6.07) is 7.45. The minimum atomic E-state index is -0.214. The van der Waals surface area contributed by atoms with Crippen LogP contribution in [-0.2, 0) is 13.0 Å². The Kier molecular flexibility index (Phi) is 4.39. The Balaban J connectivity index is 1.78. The molecule has 116 valence electrons. The van der Waals surface area contributed by atoms with Gasteiger partial charge in [-0.2, -0.15) is 5.10 Å². The average Bonchev–Trinajstić information content (AvgIpc) is 2.98. The smallest absolute Gasteiger partial charge is 0.276 e. The third-order valence-electron chi connectivity index (χ3n) is 3.62. The molecule has 0 atom stereocenters. The first kappa shape index (κ1) is 14.6. The number of carbonyl (C=O) groups excluding carboxylic acids is 1. The molecule has 0 spiro atoms. The number of amides is 1. The van der Waals surface area contributed by atoms with Crippen molar-refractivity contribution in [1.29, 1.82) is 0 Å². The van der Waals surface area contributed by atoms with Crippen LogP contribution in [0.25, 0.3) is 0 Å². The molecule has 0 saturated carbocycles. The number of ether oxygens (including phenoxy) is 1. The maximum atomic E-state index is 12.5. The van der Waals surface area contributed by atoms with E-state index in [1.807, 2.05) is 31.2 Å². The molecule has 3 N–H and O–H groups in total. The maximum absolute atomic E-state index is 12.5. The van der Waals surface area contributed by atoms with Crippen molar-refractivity contribution in [2.75, 3.05) is 18.5 Å². The Bertz CT molecular complexity index is 666. The summed E-state index contributed by atoms with van der Waals surface area (Å²) < 4.78 is 5.66. The molecule has 0 unspecified atom stereocenters. The van der Waals surface area contributed by atoms with Crippen molar-refractivity contribution in [1.82, 2.24) is 15.5 Å². The van der Waals surface area contributed by atoms with Gasteiger partial charge in [0.1, 0.15) is 5.75 Å². The van der Waals surface area contributed by atoms with Crippen molar-refractivity contribution in [3.05, 3.63) is 41.2 Å². The standard InChI is InChI=1S/C16H20N4O2/c1-2-9-22-14-6-4-3-5-13(14)18-16(21)15-11-10-17-8-7-12(11)19-20-15/h3-6,17H,2,7-10H2,1H3,(H,18,21)(H,19,20). The molecule has 0 fully saturated rings. The van der Waals surface area contributed by atoms with E-state index in [1.165, 1.54) is 0 Å². The molecular weight excluding hydrogens is 280 g/mol. The summed E-state index contributed by atoms with van der Waals surface area (Å²) in [6.07, 6.45) is 1.78. The minimum Gasteiger partial charge on any atom is -0.491 e. The van der Waals surface area contributed by atoms with Crippen LogP contribution in [0.3, 0.4) is 0 Å². The van der Waals surface area contributed by atoms with E-state index in [4.69, 9.17) is 4.74 Å². The molecule has 0 aliphatic carbocycles. The molecule has 2 aromatic rings. The maximum Gasteiger partial charge on any atom is 0.276 e. The van der Waals surface area contributed by atoms with E-state index < -0.39 is 0 Å². The number of fused-ring (bicyclic) bond motifs is 1. The monoisotopic (exact) mass is 300 g/mol. The molecule has 1 aliphatic heterocycles. The quantitative estimate of drug-likeness (QED) is 0.790. The molecule has 0 saturated heterocycles. The van der Waals surface area contributed by atoms with Crippen LogP contribution in [0, 0.1) is 0 Å². The highest BCUT2D eigenvalue weighted by Gasteiger charge is 2.22. The first-order valence-corrected chi connectivity index (χ1v) is 7.59. The van der Waals surface area contributed by atoms with Crippen LogP contribution in [0.15, 0.2) is 24.3 Å². The summed E-state index contributed by atoms with van der Waals surface area (Å²) in [6.45, 7) is 4.24. The topological polar surface area (TPSA) is 79.0 Å². The van der Waals surface area contributed by atoms with Gasteiger partial charge in [0, 0.05) is 30.8 Å². The summed E-state index contributed by atoms with van der Waals surface area (Å²) in [4.78, 5) is 12.5. The summed E-state index contributed by atoms with van der Waals surface area (Å²) in [5.74, 6) is 0.467. The van der Waals surface area contributed by atoms with Crippen molar-refractivity contribution in [3.8, 4) is 5.75 Å². The Labute approximate surface area is 129 Å². The molecule has 1 amide bonds. The molecule has 2 heterocycles. The summed E-state index contributed by atoms with van der Waals surface area (Å²) >= 11 is 0.